The molecule has 29 heavy (non-hydrogen) atoms. The fourth-order valence-corrected chi connectivity index (χ4v) is 7.56. The van der Waals surface area contributed by atoms with Gasteiger partial charge in [0.2, 0.25) is 0 Å². The molecule has 0 aliphatic heterocycles. The Kier molecular flexibility index (Phi) is 8.80. The molecule has 3 nitrogen and oxygen atoms in total. The quantitative estimate of drug-likeness (QED) is 0.379. The Bertz CT molecular complexity index is 593. The Morgan fingerprint density at radius 3 is 1.52 bits per heavy atom. The van der Waals surface area contributed by atoms with Crippen LogP contribution in [0.2, 0.25) is 0 Å². The van der Waals surface area contributed by atoms with Crippen LogP contribution >= 0.6 is 7.28 Å². The third-order valence-electron chi connectivity index (χ3n) is 5.47. The number of aryl methyl sites for hydroxylation is 1. The van der Waals surface area contributed by atoms with Crippen molar-refractivity contribution >= 4 is 7.28 Å². The van der Waals surface area contributed by atoms with Crippen molar-refractivity contribution in [2.75, 3.05) is 12.3 Å². The molecular formula is C25H47O3P. The molecule has 1 aromatic rings. The molecule has 1 aromatic carbocycles. The van der Waals surface area contributed by atoms with Gasteiger partial charge in [-0.3, -0.25) is 0 Å². The summed E-state index contributed by atoms with van der Waals surface area (Å²) in [5.74, 6) is 0.952. The van der Waals surface area contributed by atoms with Gasteiger partial charge in [0.25, 0.3) is 0 Å². The van der Waals surface area contributed by atoms with Crippen LogP contribution in [0.25, 0.3) is 0 Å². The summed E-state index contributed by atoms with van der Waals surface area (Å²) in [6.07, 6.45) is 4.71. The summed E-state index contributed by atoms with van der Waals surface area (Å²) >= 11 is 0. The first-order valence-corrected chi connectivity index (χ1v) is 13.7. The molecule has 0 bridgehead atoms. The summed E-state index contributed by atoms with van der Waals surface area (Å²) in [6.45, 7) is 19.6. The first-order chi connectivity index (χ1) is 13.0. The minimum absolute atomic E-state index is 0.196. The zero-order valence-electron chi connectivity index (χ0n) is 20.5. The second kappa shape index (κ2) is 9.67. The molecule has 4 heteroatoms. The van der Waals surface area contributed by atoms with E-state index in [1.54, 1.807) is 0 Å². The van der Waals surface area contributed by atoms with E-state index in [1.165, 1.54) is 0 Å². The van der Waals surface area contributed by atoms with Gasteiger partial charge in [-0.05, 0) is 0 Å². The van der Waals surface area contributed by atoms with Crippen LogP contribution in [0.3, 0.4) is 0 Å². The van der Waals surface area contributed by atoms with E-state index in [1.807, 2.05) is 31.2 Å². The van der Waals surface area contributed by atoms with Gasteiger partial charge in [0.05, 0.1) is 0 Å². The van der Waals surface area contributed by atoms with E-state index in [0.29, 0.717) is 18.1 Å². The molecule has 0 aromatic heterocycles. The SMILES string of the molecule is Cc1ccc(OP(O)(O)(CC(C)CCC(C)(C)C)CC(C)CCC(C)(C)C)cc1. The van der Waals surface area contributed by atoms with Crippen molar-refractivity contribution < 1.29 is 14.3 Å². The van der Waals surface area contributed by atoms with Crippen molar-refractivity contribution in [1.29, 1.82) is 0 Å². The molecule has 170 valence electrons. The van der Waals surface area contributed by atoms with Crippen molar-refractivity contribution in [2.45, 2.75) is 88.0 Å². The van der Waals surface area contributed by atoms with E-state index in [4.69, 9.17) is 4.52 Å². The van der Waals surface area contributed by atoms with Crippen LogP contribution in [0.1, 0.15) is 86.6 Å². The van der Waals surface area contributed by atoms with E-state index in [0.717, 1.165) is 31.2 Å². The van der Waals surface area contributed by atoms with Crippen LogP contribution in [0.5, 0.6) is 5.75 Å². The van der Waals surface area contributed by atoms with Gasteiger partial charge in [-0.1, -0.05) is 0 Å². The summed E-state index contributed by atoms with van der Waals surface area (Å²) in [6, 6.07) is 7.61. The fraction of sp³-hybridized carbons (Fsp3) is 0.760. The molecular weight excluding hydrogens is 379 g/mol. The maximum absolute atomic E-state index is 11.7. The summed E-state index contributed by atoms with van der Waals surface area (Å²) in [5.41, 5.74) is 1.62. The number of hydrogen-bond acceptors (Lipinski definition) is 3. The molecule has 0 amide bonds. The van der Waals surface area contributed by atoms with Crippen LogP contribution in [-0.4, -0.2) is 22.1 Å². The Morgan fingerprint density at radius 1 is 0.793 bits per heavy atom. The van der Waals surface area contributed by atoms with Crippen molar-refractivity contribution in [3.63, 3.8) is 0 Å². The summed E-state index contributed by atoms with van der Waals surface area (Å²) in [7, 11) is -4.32. The monoisotopic (exact) mass is 426 g/mol. The molecule has 2 N–H and O–H groups in total. The van der Waals surface area contributed by atoms with Crippen LogP contribution in [-0.2, 0) is 0 Å². The zero-order valence-corrected chi connectivity index (χ0v) is 21.4. The van der Waals surface area contributed by atoms with Crippen LogP contribution < -0.4 is 4.52 Å². The summed E-state index contributed by atoms with van der Waals surface area (Å²) < 4.78 is 6.09. The second-order valence-corrected chi connectivity index (χ2v) is 15.5. The molecule has 2 atom stereocenters. The Balaban J connectivity index is 2.99. The molecule has 0 saturated heterocycles. The average molecular weight is 427 g/mol. The summed E-state index contributed by atoms with van der Waals surface area (Å²) in [5, 5.41) is 0. The molecule has 0 heterocycles. The van der Waals surface area contributed by atoms with Crippen molar-refractivity contribution in [3.05, 3.63) is 29.8 Å². The van der Waals surface area contributed by atoms with Gasteiger partial charge in [-0.25, -0.2) is 0 Å². The summed E-state index contributed by atoms with van der Waals surface area (Å²) in [4.78, 5) is 23.3. The van der Waals surface area contributed by atoms with E-state index in [-0.39, 0.29) is 22.7 Å². The standard InChI is InChI=1S/C25H47O3P/c1-20-10-12-23(13-11-20)28-29(26,27,18-21(2)14-16-24(4,5)6)19-22(3)15-17-25(7,8)9/h10-13,21-22,26-27H,14-19H2,1-9H3. The normalized spacial score (nSPS) is 16.7. The van der Waals surface area contributed by atoms with Gasteiger partial charge in [0.15, 0.2) is 0 Å². The molecule has 0 aliphatic rings. The van der Waals surface area contributed by atoms with Gasteiger partial charge >= 0.3 is 180 Å². The van der Waals surface area contributed by atoms with Gasteiger partial charge in [-0.15, -0.1) is 0 Å². The first-order valence-electron chi connectivity index (χ1n) is 11.2. The van der Waals surface area contributed by atoms with E-state index >= 15 is 0 Å². The minimum atomic E-state index is -4.32. The van der Waals surface area contributed by atoms with E-state index in [2.05, 4.69) is 55.4 Å². The first kappa shape index (κ1) is 26.4. The van der Waals surface area contributed by atoms with Crippen LogP contribution in [0.15, 0.2) is 24.3 Å². The topological polar surface area (TPSA) is 49.7 Å². The molecule has 0 fully saturated rings. The Morgan fingerprint density at radius 2 is 1.17 bits per heavy atom. The molecule has 0 spiro atoms. The number of rotatable bonds is 10. The molecule has 0 aliphatic carbocycles. The van der Waals surface area contributed by atoms with Crippen LogP contribution in [0, 0.1) is 29.6 Å². The fourth-order valence-electron chi connectivity index (χ4n) is 3.79. The van der Waals surface area contributed by atoms with Gasteiger partial charge in [-0.2, -0.15) is 0 Å². The third kappa shape index (κ3) is 11.4. The third-order valence-corrected chi connectivity index (χ3v) is 8.82. The van der Waals surface area contributed by atoms with Gasteiger partial charge in [0, 0.05) is 0 Å². The zero-order chi connectivity index (χ0) is 22.5. The molecule has 0 saturated carbocycles. The number of hydrogen-bond donors (Lipinski definition) is 2. The predicted octanol–water partition coefficient (Wildman–Crippen LogP) is 7.58. The van der Waals surface area contributed by atoms with Crippen molar-refractivity contribution in [2.24, 2.45) is 22.7 Å². The maximum atomic E-state index is 11.7. The number of benzene rings is 1. The molecule has 0 radical (unpaired) electrons. The average Bonchev–Trinajstić information content (AvgIpc) is 2.51. The Labute approximate surface area is 180 Å². The van der Waals surface area contributed by atoms with Gasteiger partial charge < -0.3 is 0 Å². The van der Waals surface area contributed by atoms with Gasteiger partial charge in [0.1, 0.15) is 0 Å². The van der Waals surface area contributed by atoms with E-state index < -0.39 is 7.28 Å². The predicted molar refractivity (Wildman–Crippen MR) is 129 cm³/mol. The molecule has 1 rings (SSSR count). The second-order valence-electron chi connectivity index (χ2n) is 12.0. The van der Waals surface area contributed by atoms with E-state index in [9.17, 15) is 9.79 Å². The Hall–Kier alpha value is -0.630. The van der Waals surface area contributed by atoms with Crippen molar-refractivity contribution in [3.8, 4) is 5.75 Å². The van der Waals surface area contributed by atoms with Crippen molar-refractivity contribution in [1.82, 2.24) is 0 Å². The molecule has 2 unspecified atom stereocenters. The van der Waals surface area contributed by atoms with Crippen LogP contribution in [0.4, 0.5) is 0 Å².